The van der Waals surface area contributed by atoms with Gasteiger partial charge in [0.2, 0.25) is 5.91 Å². The highest BCUT2D eigenvalue weighted by Crippen LogP contribution is 2.28. The van der Waals surface area contributed by atoms with Crippen LogP contribution in [-0.4, -0.2) is 11.4 Å². The van der Waals surface area contributed by atoms with E-state index in [1.807, 2.05) is 0 Å². The molecular formula is C12H15BrF2N2O. The zero-order valence-corrected chi connectivity index (χ0v) is 11.8. The second kappa shape index (κ2) is 5.75. The number of hydrogen-bond donors (Lipinski definition) is 2. The maximum Gasteiger partial charge on any atom is 0.244 e. The van der Waals surface area contributed by atoms with Gasteiger partial charge in [0.05, 0.1) is 11.2 Å². The number of anilines is 1. The van der Waals surface area contributed by atoms with Crippen molar-refractivity contribution in [3.05, 3.63) is 28.2 Å². The first-order valence-corrected chi connectivity index (χ1v) is 6.38. The summed E-state index contributed by atoms with van der Waals surface area (Å²) in [5.74, 6) is -2.05. The molecule has 0 aliphatic carbocycles. The lowest BCUT2D eigenvalue weighted by Gasteiger charge is -2.25. The number of amides is 1. The van der Waals surface area contributed by atoms with Gasteiger partial charge in [-0.1, -0.05) is 13.8 Å². The minimum Gasteiger partial charge on any atom is -0.321 e. The Kier molecular flexibility index (Phi) is 4.81. The van der Waals surface area contributed by atoms with Gasteiger partial charge in [-0.05, 0) is 34.8 Å². The van der Waals surface area contributed by atoms with E-state index in [9.17, 15) is 13.6 Å². The van der Waals surface area contributed by atoms with Crippen LogP contribution in [0.2, 0.25) is 0 Å². The van der Waals surface area contributed by atoms with Crippen molar-refractivity contribution < 1.29 is 13.6 Å². The molecule has 1 aromatic rings. The van der Waals surface area contributed by atoms with Crippen molar-refractivity contribution >= 4 is 27.5 Å². The first-order chi connectivity index (χ1) is 8.34. The van der Waals surface area contributed by atoms with Crippen LogP contribution in [0.5, 0.6) is 0 Å². The normalized spacial score (nSPS) is 11.4. The predicted octanol–water partition coefficient (Wildman–Crippen LogP) is 3.18. The van der Waals surface area contributed by atoms with Crippen molar-refractivity contribution in [2.75, 3.05) is 5.32 Å². The summed E-state index contributed by atoms with van der Waals surface area (Å²) in [6, 6.07) is 1.78. The van der Waals surface area contributed by atoms with Gasteiger partial charge in [-0.3, -0.25) is 4.79 Å². The quantitative estimate of drug-likeness (QED) is 0.895. The molecule has 0 aliphatic heterocycles. The molecule has 0 atom stereocenters. The first kappa shape index (κ1) is 15.0. The van der Waals surface area contributed by atoms with Crippen LogP contribution < -0.4 is 11.1 Å². The van der Waals surface area contributed by atoms with E-state index in [0.717, 1.165) is 6.07 Å². The number of nitrogens with two attached hydrogens (primary N) is 1. The molecule has 0 heterocycles. The summed E-state index contributed by atoms with van der Waals surface area (Å²) in [5, 5.41) is 2.40. The van der Waals surface area contributed by atoms with Gasteiger partial charge in [0.1, 0.15) is 5.82 Å². The van der Waals surface area contributed by atoms with Gasteiger partial charge in [-0.15, -0.1) is 0 Å². The molecule has 3 N–H and O–H groups in total. The molecule has 3 nitrogen and oxygen atoms in total. The molecule has 100 valence electrons. The fourth-order valence-corrected chi connectivity index (χ4v) is 1.98. The van der Waals surface area contributed by atoms with Crippen LogP contribution >= 0.6 is 15.9 Å². The maximum absolute atomic E-state index is 13.5. The van der Waals surface area contributed by atoms with Crippen LogP contribution in [0.15, 0.2) is 16.6 Å². The van der Waals surface area contributed by atoms with E-state index < -0.39 is 23.1 Å². The van der Waals surface area contributed by atoms with E-state index in [4.69, 9.17) is 5.73 Å². The van der Waals surface area contributed by atoms with E-state index in [2.05, 4.69) is 21.2 Å². The van der Waals surface area contributed by atoms with Gasteiger partial charge in [0.25, 0.3) is 0 Å². The Morgan fingerprint density at radius 3 is 2.39 bits per heavy atom. The molecule has 1 amide bonds. The molecule has 0 radical (unpaired) electrons. The number of halogens is 3. The zero-order valence-electron chi connectivity index (χ0n) is 10.2. The second-order valence-corrected chi connectivity index (χ2v) is 4.92. The molecular weight excluding hydrogens is 306 g/mol. The van der Waals surface area contributed by atoms with E-state index in [1.165, 1.54) is 0 Å². The summed E-state index contributed by atoms with van der Waals surface area (Å²) in [7, 11) is 0. The van der Waals surface area contributed by atoms with Crippen molar-refractivity contribution in [3.63, 3.8) is 0 Å². The van der Waals surface area contributed by atoms with Crippen LogP contribution in [0, 0.1) is 11.6 Å². The van der Waals surface area contributed by atoms with Crippen LogP contribution in [0.4, 0.5) is 14.5 Å². The molecule has 0 bridgehead atoms. The SMILES string of the molecule is CCC(N)(CC)C(=O)Nc1c(F)cc(F)cc1Br. The molecule has 0 saturated carbocycles. The summed E-state index contributed by atoms with van der Waals surface area (Å²) in [6.45, 7) is 3.55. The van der Waals surface area contributed by atoms with Gasteiger partial charge in [-0.2, -0.15) is 0 Å². The summed E-state index contributed by atoms with van der Waals surface area (Å²) in [4.78, 5) is 12.0. The number of nitrogens with one attached hydrogen (secondary N) is 1. The van der Waals surface area contributed by atoms with Gasteiger partial charge in [-0.25, -0.2) is 8.78 Å². The average Bonchev–Trinajstić information content (AvgIpc) is 2.32. The van der Waals surface area contributed by atoms with Gasteiger partial charge in [0.15, 0.2) is 5.82 Å². The summed E-state index contributed by atoms with van der Waals surface area (Å²) >= 11 is 3.00. The zero-order chi connectivity index (χ0) is 13.9. The molecule has 6 heteroatoms. The third-order valence-corrected chi connectivity index (χ3v) is 3.58. The van der Waals surface area contributed by atoms with E-state index in [-0.39, 0.29) is 10.2 Å². The van der Waals surface area contributed by atoms with Crippen LogP contribution in [0.3, 0.4) is 0 Å². The number of carbonyl (C=O) groups is 1. The van der Waals surface area contributed by atoms with E-state index in [1.54, 1.807) is 13.8 Å². The van der Waals surface area contributed by atoms with Gasteiger partial charge >= 0.3 is 0 Å². The first-order valence-electron chi connectivity index (χ1n) is 5.59. The maximum atomic E-state index is 13.5. The highest BCUT2D eigenvalue weighted by Gasteiger charge is 2.30. The Labute approximate surface area is 113 Å². The molecule has 0 aromatic heterocycles. The second-order valence-electron chi connectivity index (χ2n) is 4.06. The molecule has 0 aliphatic rings. The molecule has 1 rings (SSSR count). The molecule has 0 saturated heterocycles. The van der Waals surface area contributed by atoms with Crippen molar-refractivity contribution in [2.45, 2.75) is 32.2 Å². The fraction of sp³-hybridized carbons (Fsp3) is 0.417. The third kappa shape index (κ3) is 3.05. The Morgan fingerprint density at radius 1 is 1.39 bits per heavy atom. The minimum absolute atomic E-state index is 0.0990. The van der Waals surface area contributed by atoms with Crippen LogP contribution in [-0.2, 0) is 4.79 Å². The molecule has 1 aromatic carbocycles. The molecule has 0 fully saturated rings. The van der Waals surface area contributed by atoms with Crippen LogP contribution in [0.25, 0.3) is 0 Å². The van der Waals surface area contributed by atoms with Crippen molar-refractivity contribution in [2.24, 2.45) is 5.73 Å². The van der Waals surface area contributed by atoms with Gasteiger partial charge < -0.3 is 11.1 Å². The molecule has 0 unspecified atom stereocenters. The minimum atomic E-state index is -1.06. The Hall–Kier alpha value is -1.01. The van der Waals surface area contributed by atoms with Gasteiger partial charge in [0, 0.05) is 10.5 Å². The number of rotatable bonds is 4. The van der Waals surface area contributed by atoms with Crippen molar-refractivity contribution in [1.29, 1.82) is 0 Å². The third-order valence-electron chi connectivity index (χ3n) is 2.96. The van der Waals surface area contributed by atoms with E-state index >= 15 is 0 Å². The van der Waals surface area contributed by atoms with Crippen LogP contribution in [0.1, 0.15) is 26.7 Å². The van der Waals surface area contributed by atoms with E-state index in [0.29, 0.717) is 18.9 Å². The smallest absolute Gasteiger partial charge is 0.244 e. The lowest BCUT2D eigenvalue weighted by molar-refractivity contribution is -0.121. The fourth-order valence-electron chi connectivity index (χ4n) is 1.47. The summed E-state index contributed by atoms with van der Waals surface area (Å²) < 4.78 is 26.6. The Bertz CT molecular complexity index is 438. The summed E-state index contributed by atoms with van der Waals surface area (Å²) in [5.41, 5.74) is 4.74. The average molecular weight is 321 g/mol. The molecule has 18 heavy (non-hydrogen) atoms. The standard InChI is InChI=1S/C12H15BrF2N2O/c1-3-12(16,4-2)11(18)17-10-8(13)5-7(14)6-9(10)15/h5-6H,3-4,16H2,1-2H3,(H,17,18). The highest BCUT2D eigenvalue weighted by atomic mass is 79.9. The summed E-state index contributed by atoms with van der Waals surface area (Å²) in [6.07, 6.45) is 0.853. The van der Waals surface area contributed by atoms with Crippen molar-refractivity contribution in [3.8, 4) is 0 Å². The number of hydrogen-bond acceptors (Lipinski definition) is 2. The predicted molar refractivity (Wildman–Crippen MR) is 70.2 cm³/mol. The lowest BCUT2D eigenvalue weighted by Crippen LogP contribution is -2.50. The number of carbonyl (C=O) groups excluding carboxylic acids is 1. The number of benzene rings is 1. The Morgan fingerprint density at radius 2 is 1.94 bits per heavy atom. The highest BCUT2D eigenvalue weighted by molar-refractivity contribution is 9.10. The van der Waals surface area contributed by atoms with Crippen molar-refractivity contribution in [1.82, 2.24) is 0 Å². The Balaban J connectivity index is 3.02. The topological polar surface area (TPSA) is 55.1 Å². The monoisotopic (exact) mass is 320 g/mol. The molecule has 0 spiro atoms. The largest absolute Gasteiger partial charge is 0.321 e. The lowest BCUT2D eigenvalue weighted by atomic mass is 9.93.